The van der Waals surface area contributed by atoms with Gasteiger partial charge in [-0.3, -0.25) is 0 Å². The fourth-order valence-electron chi connectivity index (χ4n) is 1.66. The van der Waals surface area contributed by atoms with E-state index in [4.69, 9.17) is 0 Å². The number of benzene rings is 2. The predicted octanol–water partition coefficient (Wildman–Crippen LogP) is 5.58. The molecule has 1 nitrogen and oxygen atoms in total. The number of fused-ring (bicyclic) bond motifs is 1. The van der Waals surface area contributed by atoms with Crippen LogP contribution < -0.4 is 5.32 Å². The zero-order chi connectivity index (χ0) is 14.8. The van der Waals surface area contributed by atoms with Crippen molar-refractivity contribution in [3.05, 3.63) is 78.9 Å². The van der Waals surface area contributed by atoms with Crippen molar-refractivity contribution in [1.29, 1.82) is 0 Å². The lowest BCUT2D eigenvalue weighted by molar-refractivity contribution is 1.48. The molecule has 0 heterocycles. The Morgan fingerprint density at radius 1 is 1.10 bits per heavy atom. The number of anilines is 1. The third-order valence-corrected chi connectivity index (χ3v) is 2.99. The monoisotopic (exact) mass is 265 g/mol. The van der Waals surface area contributed by atoms with Crippen molar-refractivity contribution in [2.24, 2.45) is 0 Å². The van der Waals surface area contributed by atoms with Crippen LogP contribution in [0.5, 0.6) is 0 Å². The van der Waals surface area contributed by atoms with Crippen molar-refractivity contribution in [2.75, 3.05) is 12.4 Å². The highest BCUT2D eigenvalue weighted by atomic mass is 14.8. The first kappa shape index (κ1) is 15.8. The van der Waals surface area contributed by atoms with E-state index in [1.54, 1.807) is 6.08 Å². The highest BCUT2D eigenvalue weighted by Gasteiger charge is 1.91. The fourth-order valence-corrected chi connectivity index (χ4v) is 1.66. The molecule has 0 aliphatic carbocycles. The van der Waals surface area contributed by atoms with Gasteiger partial charge < -0.3 is 5.32 Å². The first-order valence-electron chi connectivity index (χ1n) is 6.79. The summed E-state index contributed by atoms with van der Waals surface area (Å²) in [6, 6.07) is 14.7. The van der Waals surface area contributed by atoms with E-state index in [0.29, 0.717) is 0 Å². The minimum atomic E-state index is 1.16. The molecule has 1 N–H and O–H groups in total. The molecule has 0 spiro atoms. The molecule has 0 aliphatic rings. The second-order valence-corrected chi connectivity index (χ2v) is 4.44. The van der Waals surface area contributed by atoms with Crippen LogP contribution in [-0.2, 0) is 0 Å². The Labute approximate surface area is 122 Å². The minimum absolute atomic E-state index is 1.16. The van der Waals surface area contributed by atoms with E-state index in [1.165, 1.54) is 16.3 Å². The summed E-state index contributed by atoms with van der Waals surface area (Å²) >= 11 is 0. The van der Waals surface area contributed by atoms with Crippen LogP contribution in [0.15, 0.2) is 78.9 Å². The van der Waals surface area contributed by atoms with Gasteiger partial charge in [-0.2, -0.15) is 0 Å². The quantitative estimate of drug-likeness (QED) is 0.715. The van der Waals surface area contributed by atoms with Crippen molar-refractivity contribution >= 4 is 16.5 Å². The van der Waals surface area contributed by atoms with Gasteiger partial charge in [-0.05, 0) is 36.8 Å². The summed E-state index contributed by atoms with van der Waals surface area (Å²) in [6.45, 7) is 7.63. The Kier molecular flexibility index (Phi) is 6.91. The first-order chi connectivity index (χ1) is 9.71. The summed E-state index contributed by atoms with van der Waals surface area (Å²) in [5, 5.41) is 5.69. The zero-order valence-corrected chi connectivity index (χ0v) is 12.6. The average molecular weight is 265 g/mol. The van der Waals surface area contributed by atoms with Crippen LogP contribution in [0.1, 0.15) is 13.8 Å². The Morgan fingerprint density at radius 2 is 1.80 bits per heavy atom. The van der Waals surface area contributed by atoms with Gasteiger partial charge >= 0.3 is 0 Å². The number of allylic oxidation sites excluding steroid dienone is 5. The van der Waals surface area contributed by atoms with E-state index >= 15 is 0 Å². The van der Waals surface area contributed by atoms with E-state index < -0.39 is 0 Å². The lowest BCUT2D eigenvalue weighted by Gasteiger charge is -2.01. The Hall–Kier alpha value is -2.28. The summed E-state index contributed by atoms with van der Waals surface area (Å²) in [6.07, 6.45) is 7.77. The van der Waals surface area contributed by atoms with Gasteiger partial charge in [0.05, 0.1) is 0 Å². The Morgan fingerprint density at radius 3 is 2.40 bits per heavy atom. The summed E-state index contributed by atoms with van der Waals surface area (Å²) < 4.78 is 0. The molecule has 0 bridgehead atoms. The maximum Gasteiger partial charge on any atom is 0.0343 e. The van der Waals surface area contributed by atoms with Gasteiger partial charge in [0, 0.05) is 12.7 Å². The molecule has 0 radical (unpaired) electrons. The average Bonchev–Trinajstić information content (AvgIpc) is 2.52. The van der Waals surface area contributed by atoms with Crippen LogP contribution in [-0.4, -0.2) is 7.05 Å². The number of rotatable bonds is 3. The molecule has 2 rings (SSSR count). The van der Waals surface area contributed by atoms with Crippen molar-refractivity contribution in [2.45, 2.75) is 13.8 Å². The van der Waals surface area contributed by atoms with E-state index in [1.807, 2.05) is 26.1 Å². The van der Waals surface area contributed by atoms with E-state index in [-0.39, 0.29) is 0 Å². The van der Waals surface area contributed by atoms with Gasteiger partial charge in [-0.25, -0.2) is 0 Å². The van der Waals surface area contributed by atoms with Crippen LogP contribution in [0, 0.1) is 0 Å². The molecule has 0 aliphatic heterocycles. The highest BCUT2D eigenvalue weighted by molar-refractivity contribution is 5.85. The molecule has 1 heteroatoms. The normalized spacial score (nSPS) is 11.1. The standard InChI is InChI=1S/C11H11N.C8H12/c1-12-11-7-6-9-4-2-3-5-10(9)8-11;1-4-6-7-8(3)5-2/h2-8,12H,1H3;4-7H,1H2,2-3H3/b;7-6-,8-5-. The van der Waals surface area contributed by atoms with Gasteiger partial charge in [0.2, 0.25) is 0 Å². The van der Waals surface area contributed by atoms with Crippen molar-refractivity contribution in [3.8, 4) is 0 Å². The van der Waals surface area contributed by atoms with E-state index in [2.05, 4.69) is 67.4 Å². The molecule has 0 aromatic heterocycles. The lowest BCUT2D eigenvalue weighted by Crippen LogP contribution is -1.86. The third-order valence-electron chi connectivity index (χ3n) is 2.99. The van der Waals surface area contributed by atoms with Crippen LogP contribution in [0.25, 0.3) is 10.8 Å². The van der Waals surface area contributed by atoms with E-state index in [9.17, 15) is 0 Å². The second-order valence-electron chi connectivity index (χ2n) is 4.44. The van der Waals surface area contributed by atoms with Crippen molar-refractivity contribution in [3.63, 3.8) is 0 Å². The molecule has 20 heavy (non-hydrogen) atoms. The van der Waals surface area contributed by atoms with Gasteiger partial charge in [-0.15, -0.1) is 0 Å². The fraction of sp³-hybridized carbons (Fsp3) is 0.158. The van der Waals surface area contributed by atoms with Crippen LogP contribution in [0.3, 0.4) is 0 Å². The molecule has 0 saturated carbocycles. The maximum absolute atomic E-state index is 3.55. The first-order valence-corrected chi connectivity index (χ1v) is 6.79. The molecule has 2 aromatic rings. The highest BCUT2D eigenvalue weighted by Crippen LogP contribution is 2.17. The maximum atomic E-state index is 3.55. The van der Waals surface area contributed by atoms with Crippen molar-refractivity contribution in [1.82, 2.24) is 0 Å². The molecular formula is C19H23N. The molecular weight excluding hydrogens is 242 g/mol. The molecule has 0 saturated heterocycles. The molecule has 104 valence electrons. The smallest absolute Gasteiger partial charge is 0.0343 e. The summed E-state index contributed by atoms with van der Waals surface area (Å²) in [5.41, 5.74) is 2.43. The Balaban J connectivity index is 0.000000221. The summed E-state index contributed by atoms with van der Waals surface area (Å²) in [5.74, 6) is 0. The van der Waals surface area contributed by atoms with Gasteiger partial charge in [0.1, 0.15) is 0 Å². The number of nitrogens with one attached hydrogen (secondary N) is 1. The lowest BCUT2D eigenvalue weighted by atomic mass is 10.1. The third kappa shape index (κ3) is 5.15. The van der Waals surface area contributed by atoms with Gasteiger partial charge in [-0.1, -0.05) is 66.8 Å². The van der Waals surface area contributed by atoms with Gasteiger partial charge in [0.15, 0.2) is 0 Å². The molecule has 0 unspecified atom stereocenters. The largest absolute Gasteiger partial charge is 0.388 e. The number of hydrogen-bond donors (Lipinski definition) is 1. The summed E-state index contributed by atoms with van der Waals surface area (Å²) in [4.78, 5) is 0. The van der Waals surface area contributed by atoms with Gasteiger partial charge in [0.25, 0.3) is 0 Å². The SMILES string of the molecule is C=C/C=C\C(C)=C/C.CNc1ccc2ccccc2c1. The zero-order valence-electron chi connectivity index (χ0n) is 12.6. The predicted molar refractivity (Wildman–Crippen MR) is 92.3 cm³/mol. The minimum Gasteiger partial charge on any atom is -0.388 e. The topological polar surface area (TPSA) is 12.0 Å². The van der Waals surface area contributed by atoms with Crippen LogP contribution in [0.4, 0.5) is 5.69 Å². The molecule has 2 aromatic carbocycles. The number of hydrogen-bond acceptors (Lipinski definition) is 1. The summed E-state index contributed by atoms with van der Waals surface area (Å²) in [7, 11) is 1.93. The van der Waals surface area contributed by atoms with Crippen LogP contribution >= 0.6 is 0 Å². The Bertz CT molecular complexity index is 606. The second kappa shape index (κ2) is 8.76. The molecule has 0 atom stereocenters. The van der Waals surface area contributed by atoms with Crippen molar-refractivity contribution < 1.29 is 0 Å². The molecule has 0 amide bonds. The van der Waals surface area contributed by atoms with E-state index in [0.717, 1.165) is 5.69 Å². The molecule has 0 fully saturated rings. The van der Waals surface area contributed by atoms with Crippen LogP contribution in [0.2, 0.25) is 0 Å².